The largest absolute Gasteiger partial charge is 0.394 e. The Kier molecular flexibility index (Phi) is 4.04. The number of aromatic nitrogens is 2. The second-order valence-electron chi connectivity index (χ2n) is 5.88. The van der Waals surface area contributed by atoms with Gasteiger partial charge in [-0.15, -0.1) is 0 Å². The van der Waals surface area contributed by atoms with Crippen molar-refractivity contribution in [3.63, 3.8) is 0 Å². The molecule has 2 aliphatic rings. The van der Waals surface area contributed by atoms with Crippen molar-refractivity contribution in [3.8, 4) is 0 Å². The molecule has 1 aromatic heterocycles. The fraction of sp³-hybridized carbons (Fsp3) is 0.769. The van der Waals surface area contributed by atoms with Crippen LogP contribution >= 0.6 is 0 Å². The molecule has 118 valence electrons. The first-order chi connectivity index (χ1) is 10.0. The molecule has 2 aliphatic heterocycles. The summed E-state index contributed by atoms with van der Waals surface area (Å²) in [6.07, 6.45) is 5.10. The number of sulfonamides is 1. The van der Waals surface area contributed by atoms with Gasteiger partial charge in [-0.3, -0.25) is 9.58 Å². The van der Waals surface area contributed by atoms with E-state index in [-0.39, 0.29) is 17.5 Å². The molecule has 3 rings (SSSR count). The summed E-state index contributed by atoms with van der Waals surface area (Å²) in [5, 5.41) is 12.9. The van der Waals surface area contributed by atoms with Crippen LogP contribution in [0.3, 0.4) is 0 Å². The molecule has 0 spiro atoms. The minimum Gasteiger partial charge on any atom is -0.394 e. The lowest BCUT2D eigenvalue weighted by Gasteiger charge is -2.41. The third-order valence-corrected chi connectivity index (χ3v) is 6.36. The molecule has 0 aromatic carbocycles. The van der Waals surface area contributed by atoms with Crippen LogP contribution in [0.15, 0.2) is 17.3 Å². The topological polar surface area (TPSA) is 78.7 Å². The van der Waals surface area contributed by atoms with E-state index in [4.69, 9.17) is 5.11 Å². The van der Waals surface area contributed by atoms with E-state index in [1.807, 2.05) is 6.92 Å². The summed E-state index contributed by atoms with van der Waals surface area (Å²) in [6.45, 7) is 4.66. The number of hydrogen-bond donors (Lipinski definition) is 1. The third kappa shape index (κ3) is 2.73. The molecule has 7 nitrogen and oxygen atoms in total. The quantitative estimate of drug-likeness (QED) is 0.828. The van der Waals surface area contributed by atoms with Crippen LogP contribution in [-0.2, 0) is 16.6 Å². The highest BCUT2D eigenvalue weighted by Crippen LogP contribution is 2.28. The number of aliphatic hydroxyl groups excluding tert-OH is 1. The zero-order valence-corrected chi connectivity index (χ0v) is 13.0. The van der Waals surface area contributed by atoms with Gasteiger partial charge in [-0.2, -0.15) is 9.40 Å². The van der Waals surface area contributed by atoms with Gasteiger partial charge in [0.15, 0.2) is 0 Å². The molecule has 2 atom stereocenters. The second kappa shape index (κ2) is 5.68. The number of piperazine rings is 1. The Labute approximate surface area is 125 Å². The highest BCUT2D eigenvalue weighted by atomic mass is 32.2. The summed E-state index contributed by atoms with van der Waals surface area (Å²) in [6, 6.07) is 0.328. The highest BCUT2D eigenvalue weighted by Gasteiger charge is 2.40. The second-order valence-corrected chi connectivity index (χ2v) is 7.77. The van der Waals surface area contributed by atoms with Gasteiger partial charge >= 0.3 is 0 Å². The Hall–Kier alpha value is -0.960. The van der Waals surface area contributed by atoms with E-state index in [1.54, 1.807) is 4.31 Å². The monoisotopic (exact) mass is 314 g/mol. The van der Waals surface area contributed by atoms with E-state index >= 15 is 0 Å². The maximum Gasteiger partial charge on any atom is 0.246 e. The van der Waals surface area contributed by atoms with E-state index in [0.717, 1.165) is 25.9 Å². The maximum absolute atomic E-state index is 12.8. The summed E-state index contributed by atoms with van der Waals surface area (Å²) >= 11 is 0. The van der Waals surface area contributed by atoms with Crippen molar-refractivity contribution < 1.29 is 13.5 Å². The fourth-order valence-electron chi connectivity index (χ4n) is 3.33. The Bertz CT molecular complexity index is 600. The molecule has 8 heteroatoms. The van der Waals surface area contributed by atoms with Crippen molar-refractivity contribution in [1.29, 1.82) is 0 Å². The number of fused-ring (bicyclic) bond motifs is 1. The molecular formula is C13H22N4O3S. The van der Waals surface area contributed by atoms with Crippen LogP contribution < -0.4 is 0 Å². The van der Waals surface area contributed by atoms with Gasteiger partial charge in [0.25, 0.3) is 0 Å². The SMILES string of the molecule is CC1CN2CCCC2CN1S(=O)(=O)c1cnn(CCO)c1. The van der Waals surface area contributed by atoms with Crippen molar-refractivity contribution in [1.82, 2.24) is 19.0 Å². The first-order valence-corrected chi connectivity index (χ1v) is 8.85. The lowest BCUT2D eigenvalue weighted by atomic mass is 10.1. The van der Waals surface area contributed by atoms with E-state index in [0.29, 0.717) is 19.1 Å². The Morgan fingerprint density at radius 1 is 1.43 bits per heavy atom. The van der Waals surface area contributed by atoms with E-state index < -0.39 is 10.0 Å². The summed E-state index contributed by atoms with van der Waals surface area (Å²) < 4.78 is 28.7. The average Bonchev–Trinajstić information content (AvgIpc) is 3.06. The van der Waals surface area contributed by atoms with Crippen LogP contribution in [0.1, 0.15) is 19.8 Å². The van der Waals surface area contributed by atoms with Crippen LogP contribution in [0.4, 0.5) is 0 Å². The molecular weight excluding hydrogens is 292 g/mol. The molecule has 0 bridgehead atoms. The predicted octanol–water partition coefficient (Wildman–Crippen LogP) is -0.267. The van der Waals surface area contributed by atoms with Gasteiger partial charge in [-0.05, 0) is 26.3 Å². The fourth-order valence-corrected chi connectivity index (χ4v) is 4.95. The average molecular weight is 314 g/mol. The molecule has 2 saturated heterocycles. The van der Waals surface area contributed by atoms with Crippen LogP contribution in [-0.4, -0.2) is 70.8 Å². The number of hydrogen-bond acceptors (Lipinski definition) is 5. The van der Waals surface area contributed by atoms with Crippen molar-refractivity contribution >= 4 is 10.0 Å². The molecule has 0 amide bonds. The zero-order chi connectivity index (χ0) is 15.0. The first-order valence-electron chi connectivity index (χ1n) is 7.41. The Balaban J connectivity index is 1.82. The van der Waals surface area contributed by atoms with Crippen molar-refractivity contribution in [3.05, 3.63) is 12.4 Å². The minimum absolute atomic E-state index is 0.0226. The normalized spacial score (nSPS) is 27.9. The molecule has 0 saturated carbocycles. The summed E-state index contributed by atoms with van der Waals surface area (Å²) in [7, 11) is -3.51. The molecule has 2 unspecified atom stereocenters. The first kappa shape index (κ1) is 15.0. The van der Waals surface area contributed by atoms with Gasteiger partial charge in [0.05, 0.1) is 19.3 Å². The molecule has 0 radical (unpaired) electrons. The van der Waals surface area contributed by atoms with Gasteiger partial charge in [-0.25, -0.2) is 8.42 Å². The molecule has 2 fully saturated rings. The molecule has 0 aliphatic carbocycles. The Morgan fingerprint density at radius 3 is 3.00 bits per heavy atom. The summed E-state index contributed by atoms with van der Waals surface area (Å²) in [5.41, 5.74) is 0. The molecule has 21 heavy (non-hydrogen) atoms. The lowest BCUT2D eigenvalue weighted by molar-refractivity contribution is 0.117. The van der Waals surface area contributed by atoms with Crippen LogP contribution in [0.25, 0.3) is 0 Å². The van der Waals surface area contributed by atoms with Gasteiger partial charge in [-0.1, -0.05) is 0 Å². The minimum atomic E-state index is -3.51. The smallest absolute Gasteiger partial charge is 0.246 e. The van der Waals surface area contributed by atoms with E-state index in [2.05, 4.69) is 10.00 Å². The lowest BCUT2D eigenvalue weighted by Crippen LogP contribution is -2.56. The summed E-state index contributed by atoms with van der Waals surface area (Å²) in [5.74, 6) is 0. The molecule has 1 aromatic rings. The zero-order valence-electron chi connectivity index (χ0n) is 12.2. The van der Waals surface area contributed by atoms with Crippen LogP contribution in [0.5, 0.6) is 0 Å². The number of aliphatic hydroxyl groups is 1. The predicted molar refractivity (Wildman–Crippen MR) is 77.3 cm³/mol. The van der Waals surface area contributed by atoms with Crippen molar-refractivity contribution in [2.24, 2.45) is 0 Å². The molecule has 3 heterocycles. The van der Waals surface area contributed by atoms with E-state index in [9.17, 15) is 8.42 Å². The number of nitrogens with zero attached hydrogens (tertiary/aromatic N) is 4. The Morgan fingerprint density at radius 2 is 2.24 bits per heavy atom. The molecule has 1 N–H and O–H groups in total. The number of rotatable bonds is 4. The van der Waals surface area contributed by atoms with Crippen LogP contribution in [0, 0.1) is 0 Å². The van der Waals surface area contributed by atoms with Crippen molar-refractivity contribution in [2.75, 3.05) is 26.2 Å². The summed E-state index contributed by atoms with van der Waals surface area (Å²) in [4.78, 5) is 2.61. The standard InChI is InChI=1S/C13H22N4O3S/c1-11-8-15-4-2-3-12(15)9-17(11)21(19,20)13-7-14-16(10-13)5-6-18/h7,10-12,18H,2-6,8-9H2,1H3. The van der Waals surface area contributed by atoms with E-state index in [1.165, 1.54) is 17.1 Å². The van der Waals surface area contributed by atoms with Gasteiger partial charge in [0.2, 0.25) is 10.0 Å². The highest BCUT2D eigenvalue weighted by molar-refractivity contribution is 7.89. The maximum atomic E-state index is 12.8. The van der Waals surface area contributed by atoms with Gasteiger partial charge < -0.3 is 5.11 Å². The third-order valence-electron chi connectivity index (χ3n) is 4.43. The van der Waals surface area contributed by atoms with Crippen LogP contribution in [0.2, 0.25) is 0 Å². The van der Waals surface area contributed by atoms with Gasteiger partial charge in [0.1, 0.15) is 4.90 Å². The van der Waals surface area contributed by atoms with Gasteiger partial charge in [0, 0.05) is 31.4 Å². The van der Waals surface area contributed by atoms with Crippen molar-refractivity contribution in [2.45, 2.75) is 43.3 Å².